The Kier molecular flexibility index (Phi) is 2.03. The molecule has 0 spiro atoms. The van der Waals surface area contributed by atoms with Crippen molar-refractivity contribution < 1.29 is 14.1 Å². The van der Waals surface area contributed by atoms with E-state index < -0.39 is 0 Å². The lowest BCUT2D eigenvalue weighted by Crippen LogP contribution is -2.26. The maximum absolute atomic E-state index is 11.3. The van der Waals surface area contributed by atoms with Crippen LogP contribution in [0.3, 0.4) is 0 Å². The van der Waals surface area contributed by atoms with E-state index in [1.807, 2.05) is 0 Å². The predicted molar refractivity (Wildman–Crippen MR) is 47.2 cm³/mol. The highest BCUT2D eigenvalue weighted by Gasteiger charge is 2.29. The summed E-state index contributed by atoms with van der Waals surface area (Å²) < 4.78 is 9.63. The maximum Gasteiger partial charge on any atom is 0.410 e. The van der Waals surface area contributed by atoms with Gasteiger partial charge in [0.15, 0.2) is 0 Å². The minimum Gasteiger partial charge on any atom is -0.450 e. The smallest absolute Gasteiger partial charge is 0.410 e. The van der Waals surface area contributed by atoms with Crippen LogP contribution in [0.25, 0.3) is 0 Å². The fraction of sp³-hybridized carbons (Fsp3) is 0.500. The molecule has 6 nitrogen and oxygen atoms in total. The highest BCUT2D eigenvalue weighted by atomic mass is 16.6. The van der Waals surface area contributed by atoms with E-state index in [2.05, 4.69) is 5.16 Å². The van der Waals surface area contributed by atoms with Gasteiger partial charge in [0.25, 0.3) is 0 Å². The SMILES string of the molecule is CCOC(=O)N1Cc2noc(N)c2C1. The highest BCUT2D eigenvalue weighted by molar-refractivity contribution is 5.69. The van der Waals surface area contributed by atoms with Crippen molar-refractivity contribution >= 4 is 12.0 Å². The molecule has 2 N–H and O–H groups in total. The first kappa shape index (κ1) is 8.86. The van der Waals surface area contributed by atoms with E-state index in [-0.39, 0.29) is 12.0 Å². The Balaban J connectivity index is 2.08. The summed E-state index contributed by atoms with van der Waals surface area (Å²) >= 11 is 0. The number of fused-ring (bicyclic) bond motifs is 1. The van der Waals surface area contributed by atoms with Crippen molar-refractivity contribution in [3.63, 3.8) is 0 Å². The second-order valence-electron chi connectivity index (χ2n) is 3.03. The zero-order chi connectivity index (χ0) is 10.1. The van der Waals surface area contributed by atoms with Gasteiger partial charge in [-0.05, 0) is 6.92 Å². The van der Waals surface area contributed by atoms with Gasteiger partial charge >= 0.3 is 6.09 Å². The summed E-state index contributed by atoms with van der Waals surface area (Å²) in [6.45, 7) is 2.97. The van der Waals surface area contributed by atoms with E-state index in [4.69, 9.17) is 15.0 Å². The largest absolute Gasteiger partial charge is 0.450 e. The number of nitrogens with zero attached hydrogens (tertiary/aromatic N) is 2. The number of amides is 1. The first-order valence-electron chi connectivity index (χ1n) is 4.37. The lowest BCUT2D eigenvalue weighted by Gasteiger charge is -2.13. The van der Waals surface area contributed by atoms with Crippen molar-refractivity contribution in [3.05, 3.63) is 11.3 Å². The quantitative estimate of drug-likeness (QED) is 0.717. The molecule has 1 amide bonds. The second kappa shape index (κ2) is 3.21. The van der Waals surface area contributed by atoms with Crippen LogP contribution in [0.5, 0.6) is 0 Å². The lowest BCUT2D eigenvalue weighted by atomic mass is 10.3. The van der Waals surface area contributed by atoms with Gasteiger partial charge in [0.1, 0.15) is 5.69 Å². The molecule has 14 heavy (non-hydrogen) atoms. The van der Waals surface area contributed by atoms with Crippen molar-refractivity contribution in [1.82, 2.24) is 10.1 Å². The summed E-state index contributed by atoms with van der Waals surface area (Å²) in [6, 6.07) is 0. The summed E-state index contributed by atoms with van der Waals surface area (Å²) in [4.78, 5) is 12.9. The monoisotopic (exact) mass is 197 g/mol. The summed E-state index contributed by atoms with van der Waals surface area (Å²) in [5.41, 5.74) is 7.03. The Morgan fingerprint density at radius 3 is 3.14 bits per heavy atom. The molecule has 0 aromatic carbocycles. The molecule has 2 heterocycles. The molecule has 0 saturated carbocycles. The standard InChI is InChI=1S/C8H11N3O3/c1-2-13-8(12)11-3-5-6(4-11)10-14-7(5)9/h2-4,9H2,1H3. The number of aromatic nitrogens is 1. The number of nitrogens with two attached hydrogens (primary N) is 1. The maximum atomic E-state index is 11.3. The number of anilines is 1. The Morgan fingerprint density at radius 2 is 2.50 bits per heavy atom. The molecule has 76 valence electrons. The molecule has 0 fully saturated rings. The third-order valence-corrected chi connectivity index (χ3v) is 2.12. The molecule has 0 atom stereocenters. The molecule has 0 saturated heterocycles. The Bertz CT molecular complexity index is 361. The van der Waals surface area contributed by atoms with Gasteiger partial charge in [-0.2, -0.15) is 0 Å². The number of ether oxygens (including phenoxy) is 1. The van der Waals surface area contributed by atoms with Gasteiger partial charge in [0, 0.05) is 0 Å². The van der Waals surface area contributed by atoms with Crippen LogP contribution in [-0.2, 0) is 17.8 Å². The van der Waals surface area contributed by atoms with Crippen molar-refractivity contribution in [1.29, 1.82) is 0 Å². The minimum atomic E-state index is -0.343. The van der Waals surface area contributed by atoms with Crippen LogP contribution in [0, 0.1) is 0 Å². The van der Waals surface area contributed by atoms with Crippen LogP contribution in [0.4, 0.5) is 10.7 Å². The van der Waals surface area contributed by atoms with E-state index in [1.54, 1.807) is 6.92 Å². The molecular formula is C8H11N3O3. The number of rotatable bonds is 1. The third kappa shape index (κ3) is 1.28. The van der Waals surface area contributed by atoms with E-state index >= 15 is 0 Å². The zero-order valence-corrected chi connectivity index (χ0v) is 7.82. The third-order valence-electron chi connectivity index (χ3n) is 2.12. The van der Waals surface area contributed by atoms with Crippen molar-refractivity contribution in [2.75, 3.05) is 12.3 Å². The van der Waals surface area contributed by atoms with Gasteiger partial charge in [0.05, 0.1) is 25.3 Å². The number of hydrogen-bond acceptors (Lipinski definition) is 5. The molecule has 0 aliphatic carbocycles. The molecule has 0 bridgehead atoms. The number of hydrogen-bond donors (Lipinski definition) is 1. The average molecular weight is 197 g/mol. The number of carbonyl (C=O) groups is 1. The average Bonchev–Trinajstić information content (AvgIpc) is 2.69. The van der Waals surface area contributed by atoms with Crippen molar-refractivity contribution in [2.45, 2.75) is 20.0 Å². The molecule has 1 aromatic heterocycles. The summed E-state index contributed by atoms with van der Waals surface area (Å²) in [6.07, 6.45) is -0.343. The zero-order valence-electron chi connectivity index (χ0n) is 7.82. The molecule has 1 aromatic rings. The van der Waals surface area contributed by atoms with Crippen LogP contribution < -0.4 is 5.73 Å². The van der Waals surface area contributed by atoms with Crippen LogP contribution in [0.15, 0.2) is 4.52 Å². The van der Waals surface area contributed by atoms with Gasteiger partial charge < -0.3 is 15.0 Å². The molecule has 0 unspecified atom stereocenters. The van der Waals surface area contributed by atoms with Crippen LogP contribution in [0.2, 0.25) is 0 Å². The van der Waals surface area contributed by atoms with E-state index in [9.17, 15) is 4.79 Å². The van der Waals surface area contributed by atoms with Gasteiger partial charge in [-0.1, -0.05) is 5.16 Å². The molecule has 6 heteroatoms. The summed E-state index contributed by atoms with van der Waals surface area (Å²) in [5.74, 6) is 0.284. The van der Waals surface area contributed by atoms with Crippen molar-refractivity contribution in [2.24, 2.45) is 0 Å². The van der Waals surface area contributed by atoms with Crippen LogP contribution in [0.1, 0.15) is 18.2 Å². The molecule has 1 aliphatic rings. The number of nitrogen functional groups attached to an aromatic ring is 1. The first-order chi connectivity index (χ1) is 6.72. The van der Waals surface area contributed by atoms with Gasteiger partial charge in [-0.15, -0.1) is 0 Å². The number of carbonyl (C=O) groups excluding carboxylic acids is 1. The van der Waals surface area contributed by atoms with E-state index in [0.29, 0.717) is 19.7 Å². The fourth-order valence-corrected chi connectivity index (χ4v) is 1.42. The Hall–Kier alpha value is -1.72. The highest BCUT2D eigenvalue weighted by Crippen LogP contribution is 2.27. The predicted octanol–water partition coefficient (Wildman–Crippen LogP) is 0.729. The molecule has 2 rings (SSSR count). The van der Waals surface area contributed by atoms with E-state index in [1.165, 1.54) is 4.90 Å². The van der Waals surface area contributed by atoms with Gasteiger partial charge in [-0.3, -0.25) is 4.90 Å². The van der Waals surface area contributed by atoms with Crippen molar-refractivity contribution in [3.8, 4) is 0 Å². The topological polar surface area (TPSA) is 81.6 Å². The Morgan fingerprint density at radius 1 is 1.71 bits per heavy atom. The van der Waals surface area contributed by atoms with Gasteiger partial charge in [-0.25, -0.2) is 4.79 Å². The fourth-order valence-electron chi connectivity index (χ4n) is 1.42. The lowest BCUT2D eigenvalue weighted by molar-refractivity contribution is 0.105. The van der Waals surface area contributed by atoms with Crippen LogP contribution >= 0.6 is 0 Å². The Labute approximate surface area is 80.6 Å². The minimum absolute atomic E-state index is 0.284. The summed E-state index contributed by atoms with van der Waals surface area (Å²) in [5, 5.41) is 3.74. The molecular weight excluding hydrogens is 186 g/mol. The molecule has 1 aliphatic heterocycles. The van der Waals surface area contributed by atoms with Gasteiger partial charge in [0.2, 0.25) is 5.88 Å². The van der Waals surface area contributed by atoms with Crippen LogP contribution in [-0.4, -0.2) is 22.8 Å². The first-order valence-corrected chi connectivity index (χ1v) is 4.37. The normalized spacial score (nSPS) is 14.2. The molecule has 0 radical (unpaired) electrons. The second-order valence-corrected chi connectivity index (χ2v) is 3.03. The summed E-state index contributed by atoms with van der Waals surface area (Å²) in [7, 11) is 0. The van der Waals surface area contributed by atoms with E-state index in [0.717, 1.165) is 11.3 Å².